The SMILES string of the molecule is O=C(O)C1=Cc2ccccc2OS1. The normalized spacial score (nSPS) is 14.0. The summed E-state index contributed by atoms with van der Waals surface area (Å²) in [7, 11) is 0. The average Bonchev–Trinajstić information content (AvgIpc) is 2.17. The van der Waals surface area contributed by atoms with Crippen LogP contribution in [-0.4, -0.2) is 11.1 Å². The van der Waals surface area contributed by atoms with Gasteiger partial charge in [-0.2, -0.15) is 0 Å². The summed E-state index contributed by atoms with van der Waals surface area (Å²) in [5.41, 5.74) is 0.804. The maximum Gasteiger partial charge on any atom is 0.345 e. The van der Waals surface area contributed by atoms with Crippen molar-refractivity contribution in [3.8, 4) is 5.75 Å². The minimum Gasteiger partial charge on any atom is -0.477 e. The minimum absolute atomic E-state index is 0.207. The van der Waals surface area contributed by atoms with E-state index < -0.39 is 5.97 Å². The highest BCUT2D eigenvalue weighted by molar-refractivity contribution is 8.00. The summed E-state index contributed by atoms with van der Waals surface area (Å²) < 4.78 is 5.16. The van der Waals surface area contributed by atoms with E-state index in [9.17, 15) is 4.79 Å². The zero-order chi connectivity index (χ0) is 9.26. The third-order valence-electron chi connectivity index (χ3n) is 1.64. The molecule has 2 rings (SSSR count). The van der Waals surface area contributed by atoms with Crippen molar-refractivity contribution in [3.05, 3.63) is 34.7 Å². The molecular weight excluding hydrogens is 188 g/mol. The van der Waals surface area contributed by atoms with Gasteiger partial charge in [0, 0.05) is 5.56 Å². The molecule has 1 aromatic carbocycles. The van der Waals surface area contributed by atoms with Gasteiger partial charge in [-0.1, -0.05) is 18.2 Å². The number of fused-ring (bicyclic) bond motifs is 1. The molecule has 0 saturated carbocycles. The molecule has 3 nitrogen and oxygen atoms in total. The second-order valence-electron chi connectivity index (χ2n) is 2.52. The van der Waals surface area contributed by atoms with Gasteiger partial charge in [0.1, 0.15) is 10.7 Å². The topological polar surface area (TPSA) is 46.5 Å². The molecular formula is C9H6O3S. The molecule has 4 heteroatoms. The quantitative estimate of drug-likeness (QED) is 0.696. The third kappa shape index (κ3) is 1.53. The maximum absolute atomic E-state index is 10.6. The van der Waals surface area contributed by atoms with Gasteiger partial charge in [-0.25, -0.2) is 4.79 Å². The summed E-state index contributed by atoms with van der Waals surface area (Å²) in [4.78, 5) is 10.8. The van der Waals surface area contributed by atoms with Crippen LogP contribution < -0.4 is 4.18 Å². The highest BCUT2D eigenvalue weighted by Crippen LogP contribution is 2.33. The van der Waals surface area contributed by atoms with E-state index in [1.165, 1.54) is 0 Å². The van der Waals surface area contributed by atoms with E-state index >= 15 is 0 Å². The summed E-state index contributed by atoms with van der Waals surface area (Å²) in [6, 6.07) is 7.31. The Kier molecular flexibility index (Phi) is 1.98. The molecule has 0 bridgehead atoms. The summed E-state index contributed by atoms with van der Waals surface area (Å²) in [5.74, 6) is -0.253. The van der Waals surface area contributed by atoms with E-state index in [1.807, 2.05) is 18.2 Å². The lowest BCUT2D eigenvalue weighted by molar-refractivity contribution is -0.131. The van der Waals surface area contributed by atoms with E-state index in [1.54, 1.807) is 12.1 Å². The number of aliphatic carboxylic acids is 1. The molecule has 1 heterocycles. The third-order valence-corrected chi connectivity index (χ3v) is 2.37. The van der Waals surface area contributed by atoms with E-state index in [2.05, 4.69) is 0 Å². The van der Waals surface area contributed by atoms with Crippen molar-refractivity contribution in [2.75, 3.05) is 0 Å². The fourth-order valence-corrected chi connectivity index (χ4v) is 1.61. The number of carbonyl (C=O) groups is 1. The van der Waals surface area contributed by atoms with Crippen molar-refractivity contribution in [1.82, 2.24) is 0 Å². The molecule has 0 spiro atoms. The van der Waals surface area contributed by atoms with Gasteiger partial charge in [0.25, 0.3) is 0 Å². The number of para-hydroxylation sites is 1. The number of hydrogen-bond acceptors (Lipinski definition) is 3. The van der Waals surface area contributed by atoms with E-state index in [0.717, 1.165) is 17.6 Å². The highest BCUT2D eigenvalue weighted by Gasteiger charge is 2.17. The van der Waals surface area contributed by atoms with Crippen LogP contribution in [0.1, 0.15) is 5.56 Å². The molecule has 0 amide bonds. The predicted molar refractivity (Wildman–Crippen MR) is 50.3 cm³/mol. The molecule has 1 aliphatic heterocycles. The lowest BCUT2D eigenvalue weighted by Crippen LogP contribution is -2.02. The van der Waals surface area contributed by atoms with Crippen LogP contribution in [0.25, 0.3) is 6.08 Å². The Morgan fingerprint density at radius 3 is 2.92 bits per heavy atom. The molecule has 1 aromatic rings. The van der Waals surface area contributed by atoms with Gasteiger partial charge in [0.2, 0.25) is 0 Å². The lowest BCUT2D eigenvalue weighted by atomic mass is 10.2. The van der Waals surface area contributed by atoms with Crippen molar-refractivity contribution in [2.24, 2.45) is 0 Å². The van der Waals surface area contributed by atoms with Crippen LogP contribution in [0.4, 0.5) is 0 Å². The van der Waals surface area contributed by atoms with Crippen LogP contribution in [-0.2, 0) is 4.79 Å². The van der Waals surface area contributed by atoms with Crippen LogP contribution in [0.3, 0.4) is 0 Å². The largest absolute Gasteiger partial charge is 0.477 e. The smallest absolute Gasteiger partial charge is 0.345 e. The van der Waals surface area contributed by atoms with E-state index in [4.69, 9.17) is 9.29 Å². The van der Waals surface area contributed by atoms with Crippen molar-refractivity contribution in [2.45, 2.75) is 0 Å². The average molecular weight is 194 g/mol. The van der Waals surface area contributed by atoms with Crippen molar-refractivity contribution in [3.63, 3.8) is 0 Å². The molecule has 0 unspecified atom stereocenters. The first-order valence-corrected chi connectivity index (χ1v) is 4.40. The predicted octanol–water partition coefficient (Wildman–Crippen LogP) is 2.15. The van der Waals surface area contributed by atoms with Gasteiger partial charge in [-0.05, 0) is 12.1 Å². The Morgan fingerprint density at radius 1 is 1.38 bits per heavy atom. The molecule has 13 heavy (non-hydrogen) atoms. The molecule has 0 radical (unpaired) electrons. The molecule has 0 aromatic heterocycles. The molecule has 0 aliphatic carbocycles. The maximum atomic E-state index is 10.6. The van der Waals surface area contributed by atoms with Crippen LogP contribution >= 0.6 is 12.0 Å². The number of hydrogen-bond donors (Lipinski definition) is 1. The summed E-state index contributed by atoms with van der Waals surface area (Å²) >= 11 is 0.876. The van der Waals surface area contributed by atoms with Crippen LogP contribution in [0.2, 0.25) is 0 Å². The zero-order valence-corrected chi connectivity index (χ0v) is 7.38. The van der Waals surface area contributed by atoms with Gasteiger partial charge in [-0.3, -0.25) is 0 Å². The highest BCUT2D eigenvalue weighted by atomic mass is 32.2. The summed E-state index contributed by atoms with van der Waals surface area (Å²) in [5, 5.41) is 8.69. The molecule has 0 atom stereocenters. The van der Waals surface area contributed by atoms with Crippen molar-refractivity contribution >= 4 is 24.1 Å². The fourth-order valence-electron chi connectivity index (χ4n) is 1.03. The molecule has 1 aliphatic rings. The zero-order valence-electron chi connectivity index (χ0n) is 6.56. The van der Waals surface area contributed by atoms with Gasteiger partial charge in [0.15, 0.2) is 0 Å². The fraction of sp³-hybridized carbons (Fsp3) is 0. The molecule has 1 N–H and O–H groups in total. The Balaban J connectivity index is 2.44. The molecule has 0 saturated heterocycles. The van der Waals surface area contributed by atoms with Crippen LogP contribution in [0.5, 0.6) is 5.75 Å². The van der Waals surface area contributed by atoms with Crippen molar-refractivity contribution < 1.29 is 14.1 Å². The van der Waals surface area contributed by atoms with Gasteiger partial charge >= 0.3 is 5.97 Å². The number of carboxylic acids is 1. The number of carboxylic acid groups (broad SMARTS) is 1. The summed E-state index contributed by atoms with van der Waals surface area (Å²) in [6.07, 6.45) is 1.60. The van der Waals surface area contributed by atoms with Crippen LogP contribution in [0.15, 0.2) is 29.2 Å². The Morgan fingerprint density at radius 2 is 2.15 bits per heavy atom. The molecule has 66 valence electrons. The standard InChI is InChI=1S/C9H6O3S/c10-9(11)8-5-6-3-1-2-4-7(6)12-13-8/h1-5H,(H,10,11). The lowest BCUT2D eigenvalue weighted by Gasteiger charge is -2.12. The van der Waals surface area contributed by atoms with Gasteiger partial charge < -0.3 is 9.29 Å². The first-order chi connectivity index (χ1) is 6.27. The molecule has 0 fully saturated rings. The van der Waals surface area contributed by atoms with E-state index in [-0.39, 0.29) is 4.91 Å². The first kappa shape index (κ1) is 8.19. The minimum atomic E-state index is -0.959. The number of benzene rings is 1. The second-order valence-corrected chi connectivity index (χ2v) is 3.29. The summed E-state index contributed by atoms with van der Waals surface area (Å²) in [6.45, 7) is 0. The first-order valence-electron chi connectivity index (χ1n) is 3.66. The Hall–Kier alpha value is -1.42. The van der Waals surface area contributed by atoms with Gasteiger partial charge in [0.05, 0.1) is 12.0 Å². The van der Waals surface area contributed by atoms with Crippen molar-refractivity contribution in [1.29, 1.82) is 0 Å². The van der Waals surface area contributed by atoms with Crippen LogP contribution in [0, 0.1) is 0 Å². The Bertz CT molecular complexity index is 384. The Labute approximate surface area is 79.2 Å². The number of rotatable bonds is 1. The monoisotopic (exact) mass is 194 g/mol. The van der Waals surface area contributed by atoms with E-state index in [0.29, 0.717) is 5.75 Å². The second kappa shape index (κ2) is 3.14. The van der Waals surface area contributed by atoms with Gasteiger partial charge in [-0.15, -0.1) is 0 Å².